The van der Waals surface area contributed by atoms with Gasteiger partial charge in [-0.05, 0) is 36.6 Å². The number of nitrogens with one attached hydrogen (secondary N) is 2. The molecule has 0 radical (unpaired) electrons. The number of halogens is 1. The molecule has 1 fully saturated rings. The first-order valence-corrected chi connectivity index (χ1v) is 8.33. The maximum absolute atomic E-state index is 13.4. The summed E-state index contributed by atoms with van der Waals surface area (Å²) in [4.78, 5) is 15.4. The quantitative estimate of drug-likeness (QED) is 0.759. The van der Waals surface area contributed by atoms with Crippen molar-refractivity contribution >= 4 is 16.8 Å². The van der Waals surface area contributed by atoms with Gasteiger partial charge in [0.2, 0.25) is 5.91 Å². The van der Waals surface area contributed by atoms with Gasteiger partial charge in [-0.1, -0.05) is 19.3 Å². The Labute approximate surface area is 135 Å². The molecule has 4 nitrogen and oxygen atoms in total. The van der Waals surface area contributed by atoms with Crippen molar-refractivity contribution in [1.82, 2.24) is 10.3 Å². The number of rotatable bonds is 4. The number of aliphatic hydroxyl groups excluding tert-OH is 1. The maximum Gasteiger partial charge on any atom is 0.224 e. The van der Waals surface area contributed by atoms with Gasteiger partial charge in [0.25, 0.3) is 0 Å². The van der Waals surface area contributed by atoms with Gasteiger partial charge in [-0.15, -0.1) is 0 Å². The summed E-state index contributed by atoms with van der Waals surface area (Å²) < 4.78 is 13.4. The standard InChI is InChI=1S/C18H23FN2O2/c19-14-6-7-17-15(9-14)13(10-20-17)8-18(23)21-16-5-3-1-2-4-12(16)11-22/h6-7,9-10,12,16,20,22H,1-5,8,11H2,(H,21,23). The summed E-state index contributed by atoms with van der Waals surface area (Å²) in [6, 6.07) is 4.58. The molecule has 2 aromatic rings. The number of aromatic nitrogens is 1. The van der Waals surface area contributed by atoms with Gasteiger partial charge in [0, 0.05) is 35.7 Å². The van der Waals surface area contributed by atoms with Crippen LogP contribution in [-0.4, -0.2) is 28.6 Å². The van der Waals surface area contributed by atoms with Crippen LogP contribution in [0.25, 0.3) is 10.9 Å². The summed E-state index contributed by atoms with van der Waals surface area (Å²) >= 11 is 0. The lowest BCUT2D eigenvalue weighted by atomic mass is 9.95. The molecule has 0 bridgehead atoms. The summed E-state index contributed by atoms with van der Waals surface area (Å²) in [6.07, 6.45) is 7.21. The Kier molecular flexibility index (Phi) is 4.96. The van der Waals surface area contributed by atoms with Gasteiger partial charge in [-0.3, -0.25) is 4.79 Å². The molecule has 1 aromatic carbocycles. The van der Waals surface area contributed by atoms with Gasteiger partial charge in [-0.25, -0.2) is 4.39 Å². The Hall–Kier alpha value is -1.88. The highest BCUT2D eigenvalue weighted by Crippen LogP contribution is 2.24. The fraction of sp³-hybridized carbons (Fsp3) is 0.500. The highest BCUT2D eigenvalue weighted by molar-refractivity contribution is 5.89. The van der Waals surface area contributed by atoms with Crippen LogP contribution in [0, 0.1) is 11.7 Å². The number of benzene rings is 1. The van der Waals surface area contributed by atoms with Crippen LogP contribution in [0.1, 0.15) is 37.7 Å². The van der Waals surface area contributed by atoms with Crippen LogP contribution in [0.3, 0.4) is 0 Å². The molecule has 0 spiro atoms. The molecule has 1 amide bonds. The number of fused-ring (bicyclic) bond motifs is 1. The van der Waals surface area contributed by atoms with Crippen molar-refractivity contribution < 1.29 is 14.3 Å². The van der Waals surface area contributed by atoms with Crippen molar-refractivity contribution in [1.29, 1.82) is 0 Å². The third kappa shape index (κ3) is 3.72. The van der Waals surface area contributed by atoms with E-state index in [1.54, 1.807) is 12.3 Å². The highest BCUT2D eigenvalue weighted by atomic mass is 19.1. The van der Waals surface area contributed by atoms with Crippen LogP contribution in [0.2, 0.25) is 0 Å². The predicted molar refractivity (Wildman–Crippen MR) is 87.6 cm³/mol. The molecule has 3 N–H and O–H groups in total. The predicted octanol–water partition coefficient (Wildman–Crippen LogP) is 2.91. The molecular formula is C18H23FN2O2. The van der Waals surface area contributed by atoms with Crippen molar-refractivity contribution in [2.45, 2.75) is 44.6 Å². The first-order valence-electron chi connectivity index (χ1n) is 8.33. The van der Waals surface area contributed by atoms with E-state index < -0.39 is 0 Å². The van der Waals surface area contributed by atoms with E-state index in [-0.39, 0.29) is 36.7 Å². The van der Waals surface area contributed by atoms with Crippen LogP contribution in [0.5, 0.6) is 0 Å². The fourth-order valence-electron chi connectivity index (χ4n) is 3.52. The minimum atomic E-state index is -0.303. The Balaban J connectivity index is 1.69. The zero-order valence-corrected chi connectivity index (χ0v) is 13.1. The third-order valence-electron chi connectivity index (χ3n) is 4.82. The average Bonchev–Trinajstić information content (AvgIpc) is 2.78. The number of amides is 1. The highest BCUT2D eigenvalue weighted by Gasteiger charge is 2.24. The fourth-order valence-corrected chi connectivity index (χ4v) is 3.52. The number of carbonyl (C=O) groups is 1. The smallest absolute Gasteiger partial charge is 0.224 e. The van der Waals surface area contributed by atoms with Crippen molar-refractivity contribution in [3.05, 3.63) is 35.8 Å². The molecule has 1 saturated carbocycles. The summed E-state index contributed by atoms with van der Waals surface area (Å²) in [5, 5.41) is 13.4. The van der Waals surface area contributed by atoms with Gasteiger partial charge >= 0.3 is 0 Å². The second-order valence-electron chi connectivity index (χ2n) is 6.44. The number of hydrogen-bond acceptors (Lipinski definition) is 2. The van der Waals surface area contributed by atoms with Crippen molar-refractivity contribution in [2.24, 2.45) is 5.92 Å². The monoisotopic (exact) mass is 318 g/mol. The lowest BCUT2D eigenvalue weighted by Gasteiger charge is -2.24. The zero-order chi connectivity index (χ0) is 16.2. The van der Waals surface area contributed by atoms with Crippen LogP contribution in [-0.2, 0) is 11.2 Å². The molecule has 1 aromatic heterocycles. The van der Waals surface area contributed by atoms with Gasteiger partial charge in [0.15, 0.2) is 0 Å². The molecule has 5 heteroatoms. The summed E-state index contributed by atoms with van der Waals surface area (Å²) in [5.41, 5.74) is 1.63. The normalized spacial score (nSPS) is 22.0. The Morgan fingerprint density at radius 3 is 2.96 bits per heavy atom. The van der Waals surface area contributed by atoms with E-state index in [1.807, 2.05) is 0 Å². The number of H-pyrrole nitrogens is 1. The lowest BCUT2D eigenvalue weighted by molar-refractivity contribution is -0.121. The average molecular weight is 318 g/mol. The SMILES string of the molecule is O=C(Cc1c[nH]c2ccc(F)cc12)NC1CCCCCC1CO. The Bertz CT molecular complexity index is 683. The number of carbonyl (C=O) groups excluding carboxylic acids is 1. The molecule has 1 aliphatic carbocycles. The molecule has 1 aliphatic rings. The summed E-state index contributed by atoms with van der Waals surface area (Å²) in [5.74, 6) is -0.231. The van der Waals surface area contributed by atoms with Gasteiger partial charge < -0.3 is 15.4 Å². The topological polar surface area (TPSA) is 65.1 Å². The molecule has 23 heavy (non-hydrogen) atoms. The van der Waals surface area contributed by atoms with E-state index in [2.05, 4.69) is 10.3 Å². The molecular weight excluding hydrogens is 295 g/mol. The second kappa shape index (κ2) is 7.13. The van der Waals surface area contributed by atoms with Crippen LogP contribution in [0.4, 0.5) is 4.39 Å². The summed E-state index contributed by atoms with van der Waals surface area (Å²) in [7, 11) is 0. The number of aromatic amines is 1. The lowest BCUT2D eigenvalue weighted by Crippen LogP contribution is -2.41. The molecule has 1 heterocycles. The molecule has 124 valence electrons. The Morgan fingerprint density at radius 2 is 2.13 bits per heavy atom. The van der Waals surface area contributed by atoms with Crippen LogP contribution >= 0.6 is 0 Å². The molecule has 0 saturated heterocycles. The van der Waals surface area contributed by atoms with E-state index in [1.165, 1.54) is 12.1 Å². The first-order chi connectivity index (χ1) is 11.2. The van der Waals surface area contributed by atoms with Gasteiger partial charge in [0.1, 0.15) is 5.82 Å². The largest absolute Gasteiger partial charge is 0.396 e. The summed E-state index contributed by atoms with van der Waals surface area (Å²) in [6.45, 7) is 0.114. The third-order valence-corrected chi connectivity index (χ3v) is 4.82. The van der Waals surface area contributed by atoms with Crippen molar-refractivity contribution in [2.75, 3.05) is 6.61 Å². The van der Waals surface area contributed by atoms with Crippen LogP contribution < -0.4 is 5.32 Å². The minimum absolute atomic E-state index is 0.0388. The van der Waals surface area contributed by atoms with Crippen molar-refractivity contribution in [3.63, 3.8) is 0 Å². The minimum Gasteiger partial charge on any atom is -0.396 e. The van der Waals surface area contributed by atoms with E-state index in [9.17, 15) is 14.3 Å². The van der Waals surface area contributed by atoms with Gasteiger partial charge in [-0.2, -0.15) is 0 Å². The maximum atomic E-state index is 13.4. The van der Waals surface area contributed by atoms with E-state index >= 15 is 0 Å². The van der Waals surface area contributed by atoms with Gasteiger partial charge in [0.05, 0.1) is 6.42 Å². The molecule has 3 rings (SSSR count). The van der Waals surface area contributed by atoms with E-state index in [0.29, 0.717) is 0 Å². The van der Waals surface area contributed by atoms with Crippen LogP contribution in [0.15, 0.2) is 24.4 Å². The molecule has 2 unspecified atom stereocenters. The van der Waals surface area contributed by atoms with Crippen molar-refractivity contribution in [3.8, 4) is 0 Å². The zero-order valence-electron chi connectivity index (χ0n) is 13.1. The van der Waals surface area contributed by atoms with E-state index in [0.717, 1.165) is 48.6 Å². The molecule has 2 atom stereocenters. The first kappa shape index (κ1) is 16.0. The Morgan fingerprint density at radius 1 is 1.30 bits per heavy atom. The van der Waals surface area contributed by atoms with E-state index in [4.69, 9.17) is 0 Å². The number of aliphatic hydroxyl groups is 1. The number of hydrogen-bond donors (Lipinski definition) is 3. The second-order valence-corrected chi connectivity index (χ2v) is 6.44. The molecule has 0 aliphatic heterocycles.